The number of carbonyl (C=O) groups excluding carboxylic acids is 1. The van der Waals surface area contributed by atoms with Gasteiger partial charge in [0.25, 0.3) is 0 Å². The number of aromatic hydroxyl groups is 1. The number of esters is 1. The number of methoxy groups -OCH3 is 1. The van der Waals surface area contributed by atoms with Crippen LogP contribution in [0.5, 0.6) is 5.75 Å². The fourth-order valence-corrected chi connectivity index (χ4v) is 0.964. The van der Waals surface area contributed by atoms with Crippen LogP contribution < -0.4 is 51.4 Å². The molecule has 0 aromatic heterocycles. The normalized spacial score (nSPS) is 9.50. The number of ether oxygens (including phenoxy) is 1. The van der Waals surface area contributed by atoms with Crippen LogP contribution in [0.3, 0.4) is 0 Å². The molecule has 6 heteroatoms. The first kappa shape index (κ1) is 21.4. The molecule has 2 N–H and O–H groups in total. The molecule has 1 rings (SSSR count). The molecule has 0 atom stereocenters. The van der Waals surface area contributed by atoms with Gasteiger partial charge in [-0.1, -0.05) is 18.2 Å². The van der Waals surface area contributed by atoms with E-state index in [1.54, 1.807) is 12.2 Å². The number of aliphatic carboxylic acids is 1. The number of phenols is 1. The molecule has 0 unspecified atom stereocenters. The zero-order valence-electron chi connectivity index (χ0n) is 12.7. The molecule has 0 spiro atoms. The van der Waals surface area contributed by atoms with Gasteiger partial charge >= 0.3 is 63.3 Å². The molecule has 0 saturated carbocycles. The summed E-state index contributed by atoms with van der Waals surface area (Å²) in [6, 6.07) is 5.88. The molecule has 0 aliphatic heterocycles. The van der Waals surface area contributed by atoms with E-state index in [0.717, 1.165) is 6.08 Å². The van der Waals surface area contributed by atoms with Crippen molar-refractivity contribution in [1.29, 1.82) is 0 Å². The molecule has 5 nitrogen and oxygen atoms in total. The summed E-state index contributed by atoms with van der Waals surface area (Å²) < 4.78 is 4.46. The third-order valence-corrected chi connectivity index (χ3v) is 1.83. The first-order valence-electron chi connectivity index (χ1n) is 5.41. The molecule has 0 fully saturated rings. The number of benzene rings is 1. The third-order valence-electron chi connectivity index (χ3n) is 1.83. The third kappa shape index (κ3) is 10.9. The molecule has 1 aromatic carbocycles. The maximum absolute atomic E-state index is 10.8. The van der Waals surface area contributed by atoms with Crippen LogP contribution in [0.15, 0.2) is 48.6 Å². The predicted octanol–water partition coefficient (Wildman–Crippen LogP) is -0.501. The molecule has 0 bridgehead atoms. The summed E-state index contributed by atoms with van der Waals surface area (Å²) >= 11 is 0. The summed E-state index contributed by atoms with van der Waals surface area (Å²) in [5.41, 5.74) is 0.435. The van der Waals surface area contributed by atoms with Crippen molar-refractivity contribution in [3.63, 3.8) is 0 Å². The number of hydrogen-bond acceptors (Lipinski definition) is 4. The quantitative estimate of drug-likeness (QED) is 0.340. The molecule has 0 saturated heterocycles. The first-order chi connectivity index (χ1) is 9.01. The second-order valence-electron chi connectivity index (χ2n) is 3.26. The van der Waals surface area contributed by atoms with Gasteiger partial charge in [-0.25, -0.2) is 9.59 Å². The number of carboxylic acid groups (broad SMARTS) is 1. The van der Waals surface area contributed by atoms with Gasteiger partial charge in [-0.3, -0.25) is 0 Å². The van der Waals surface area contributed by atoms with Crippen LogP contribution in [0.25, 0.3) is 0 Å². The van der Waals surface area contributed by atoms with Crippen LogP contribution in [-0.4, -0.2) is 29.3 Å². The molecule has 20 heavy (non-hydrogen) atoms. The minimum Gasteiger partial charge on any atom is -1.00 e. The number of hydrogen-bond donors (Lipinski definition) is 2. The Labute approximate surface area is 161 Å². The molecule has 104 valence electrons. The van der Waals surface area contributed by atoms with Crippen molar-refractivity contribution in [2.24, 2.45) is 0 Å². The number of carbonyl (C=O) groups is 2. The number of carboxylic acids is 1. The van der Waals surface area contributed by atoms with E-state index in [-0.39, 0.29) is 58.6 Å². The van der Waals surface area contributed by atoms with E-state index in [4.69, 9.17) is 10.2 Å². The van der Waals surface area contributed by atoms with E-state index in [9.17, 15) is 9.59 Å². The summed E-state index contributed by atoms with van der Waals surface area (Å²) in [7, 11) is 1.31. The van der Waals surface area contributed by atoms with Crippen molar-refractivity contribution in [2.45, 2.75) is 6.92 Å². The van der Waals surface area contributed by atoms with Gasteiger partial charge in [0.05, 0.1) is 12.7 Å². The van der Waals surface area contributed by atoms with Gasteiger partial charge < -0.3 is 16.4 Å². The van der Waals surface area contributed by atoms with Gasteiger partial charge in [-0.05, 0) is 31.2 Å². The Morgan fingerprint density at radius 2 is 1.75 bits per heavy atom. The monoisotopic (exact) mass is 304 g/mol. The minimum atomic E-state index is -0.914. The van der Waals surface area contributed by atoms with Gasteiger partial charge in [0.2, 0.25) is 0 Å². The number of allylic oxidation sites excluding steroid dienone is 3. The fraction of sp³-hybridized carbons (Fsp3) is 0.143. The molecule has 0 heterocycles. The average molecular weight is 304 g/mol. The van der Waals surface area contributed by atoms with Gasteiger partial charge in [-0.15, -0.1) is 0 Å². The largest absolute Gasteiger partial charge is 1.00 e. The molecule has 0 aliphatic carbocycles. The van der Waals surface area contributed by atoms with Crippen molar-refractivity contribution in [3.05, 3.63) is 54.1 Å². The molecule has 1 aromatic rings. The van der Waals surface area contributed by atoms with Crippen molar-refractivity contribution >= 4 is 11.9 Å². The van der Waals surface area contributed by atoms with Crippen molar-refractivity contribution in [2.75, 3.05) is 7.11 Å². The molecular formula is C14H17KO5. The van der Waals surface area contributed by atoms with Crippen LogP contribution in [0, 0.1) is 0 Å². The molecule has 0 amide bonds. The zero-order chi connectivity index (χ0) is 14.7. The first-order valence-corrected chi connectivity index (χ1v) is 5.41. The Morgan fingerprint density at radius 1 is 1.20 bits per heavy atom. The van der Waals surface area contributed by atoms with Gasteiger partial charge in [0.15, 0.2) is 0 Å². The van der Waals surface area contributed by atoms with Crippen molar-refractivity contribution < 1.29 is 77.4 Å². The van der Waals surface area contributed by atoms with E-state index >= 15 is 0 Å². The average Bonchev–Trinajstić information content (AvgIpc) is 2.39. The summed E-state index contributed by atoms with van der Waals surface area (Å²) in [5.74, 6) is -1.18. The predicted molar refractivity (Wildman–Crippen MR) is 72.1 cm³/mol. The van der Waals surface area contributed by atoms with E-state index in [1.807, 2.05) is 6.92 Å². The van der Waals surface area contributed by atoms with Crippen LogP contribution in [-0.2, 0) is 9.53 Å². The van der Waals surface area contributed by atoms with Crippen LogP contribution >= 0.6 is 0 Å². The zero-order valence-corrected chi connectivity index (χ0v) is 14.9. The Kier molecular flexibility index (Phi) is 14.0. The van der Waals surface area contributed by atoms with E-state index < -0.39 is 11.9 Å². The molecule has 0 aliphatic rings. The van der Waals surface area contributed by atoms with E-state index in [2.05, 4.69) is 4.74 Å². The number of phenolic OH excluding ortho intramolecular Hbond substituents is 1. The summed E-state index contributed by atoms with van der Waals surface area (Å²) in [4.78, 5) is 20.6. The Bertz CT molecular complexity index is 469. The SMILES string of the molecule is C/C=C/C=C/C(=O)O.COC(=O)c1ccc(O)cc1.[H-].[K+]. The van der Waals surface area contributed by atoms with E-state index in [0.29, 0.717) is 5.56 Å². The maximum atomic E-state index is 10.8. The summed E-state index contributed by atoms with van der Waals surface area (Å²) in [5, 5.41) is 16.9. The molecule has 0 radical (unpaired) electrons. The van der Waals surface area contributed by atoms with Crippen molar-refractivity contribution in [1.82, 2.24) is 0 Å². The van der Waals surface area contributed by atoms with Crippen molar-refractivity contribution in [3.8, 4) is 5.75 Å². The minimum absolute atomic E-state index is 0. The second-order valence-corrected chi connectivity index (χ2v) is 3.26. The van der Waals surface area contributed by atoms with Crippen LogP contribution in [0.1, 0.15) is 18.7 Å². The van der Waals surface area contributed by atoms with Crippen LogP contribution in [0.2, 0.25) is 0 Å². The van der Waals surface area contributed by atoms with Gasteiger partial charge in [0, 0.05) is 6.08 Å². The Balaban J connectivity index is -0.000000295. The van der Waals surface area contributed by atoms with Crippen LogP contribution in [0.4, 0.5) is 0 Å². The summed E-state index contributed by atoms with van der Waals surface area (Å²) in [6.07, 6.45) is 5.98. The van der Waals surface area contributed by atoms with E-state index in [1.165, 1.54) is 37.5 Å². The van der Waals surface area contributed by atoms with Gasteiger partial charge in [0.1, 0.15) is 5.75 Å². The topological polar surface area (TPSA) is 83.8 Å². The summed E-state index contributed by atoms with van der Waals surface area (Å²) in [6.45, 7) is 1.83. The fourth-order valence-electron chi connectivity index (χ4n) is 0.964. The number of rotatable bonds is 3. The second kappa shape index (κ2) is 13.1. The maximum Gasteiger partial charge on any atom is 1.00 e. The standard InChI is InChI=1S/C8H8O3.C6H8O2.K.H/c1-11-8(10)6-2-4-7(9)5-3-6;1-2-3-4-5-6(7)8;;/h2-5,9H,1H3;2-5H,1H3,(H,7,8);;/q;;+1;-1/b;3-2+,5-4+;;. The molecular weight excluding hydrogens is 287 g/mol. The van der Waals surface area contributed by atoms with Gasteiger partial charge in [-0.2, -0.15) is 0 Å². The smallest absolute Gasteiger partial charge is 1.00 e. The Hall–Kier alpha value is -0.924. The Morgan fingerprint density at radius 3 is 2.15 bits per heavy atom.